The first-order valence-corrected chi connectivity index (χ1v) is 9.74. The number of nitrogens with zero attached hydrogens (tertiary/aromatic N) is 5. The van der Waals surface area contributed by atoms with Crippen molar-refractivity contribution in [2.75, 3.05) is 11.1 Å². The van der Waals surface area contributed by atoms with Crippen LogP contribution in [0.4, 0.5) is 33.5 Å². The fourth-order valence-corrected chi connectivity index (χ4v) is 3.00. The highest BCUT2D eigenvalue weighted by Crippen LogP contribution is 2.35. The van der Waals surface area contributed by atoms with Gasteiger partial charge in [-0.1, -0.05) is 11.6 Å². The lowest BCUT2D eigenvalue weighted by Gasteiger charge is -2.13. The lowest BCUT2D eigenvalue weighted by Crippen LogP contribution is -2.21. The molecule has 0 radical (unpaired) electrons. The first kappa shape index (κ1) is 23.8. The number of hydrogen-bond acceptors (Lipinski definition) is 7. The fraction of sp³-hybridized carbons (Fsp3) is 0.0500. The van der Waals surface area contributed by atoms with Gasteiger partial charge in [0.05, 0.1) is 24.2 Å². The third-order valence-corrected chi connectivity index (χ3v) is 4.75. The molecule has 35 heavy (non-hydrogen) atoms. The highest BCUT2D eigenvalue weighted by atomic mass is 35.5. The number of nitrogen functional groups attached to an aromatic ring is 1. The molecule has 1 aromatic carbocycles. The number of benzene rings is 1. The van der Waals surface area contributed by atoms with E-state index < -0.39 is 40.9 Å². The van der Waals surface area contributed by atoms with Gasteiger partial charge in [-0.05, 0) is 12.1 Å². The van der Waals surface area contributed by atoms with Crippen molar-refractivity contribution in [3.8, 4) is 17.4 Å². The molecule has 0 unspecified atom stereocenters. The van der Waals surface area contributed by atoms with Gasteiger partial charge in [0.2, 0.25) is 0 Å². The molecule has 4 aromatic rings. The number of carbonyl (C=O) groups excluding carboxylic acids is 1. The van der Waals surface area contributed by atoms with Crippen LogP contribution in [0.15, 0.2) is 49.1 Å². The van der Waals surface area contributed by atoms with Crippen molar-refractivity contribution in [1.82, 2.24) is 24.7 Å². The molecule has 0 spiro atoms. The minimum Gasteiger partial charge on any atom is -0.453 e. The fourth-order valence-electron chi connectivity index (χ4n) is 2.85. The van der Waals surface area contributed by atoms with Crippen LogP contribution in [0, 0.1) is 11.6 Å². The smallest absolute Gasteiger partial charge is 0.434 e. The molecule has 180 valence electrons. The third kappa shape index (κ3) is 4.96. The summed E-state index contributed by atoms with van der Waals surface area (Å²) in [4.78, 5) is 23.2. The maximum atomic E-state index is 14.5. The molecule has 4 rings (SSSR count). The number of carbonyl (C=O) groups is 1. The molecule has 0 aliphatic carbocycles. The van der Waals surface area contributed by atoms with E-state index in [9.17, 15) is 26.7 Å². The van der Waals surface area contributed by atoms with Gasteiger partial charge in [0.25, 0.3) is 11.9 Å². The Morgan fingerprint density at radius 1 is 1.06 bits per heavy atom. The molecule has 0 fully saturated rings. The molecular weight excluding hydrogens is 501 g/mol. The molecule has 0 bridgehead atoms. The van der Waals surface area contributed by atoms with Gasteiger partial charge in [-0.15, -0.1) is 0 Å². The second-order valence-corrected chi connectivity index (χ2v) is 7.11. The second-order valence-electron chi connectivity index (χ2n) is 6.73. The summed E-state index contributed by atoms with van der Waals surface area (Å²) in [6, 6.07) is 4.48. The summed E-state index contributed by atoms with van der Waals surface area (Å²) in [6.45, 7) is 0. The summed E-state index contributed by atoms with van der Waals surface area (Å²) < 4.78 is 74.3. The van der Waals surface area contributed by atoms with Crippen LogP contribution in [0.3, 0.4) is 0 Å². The quantitative estimate of drug-likeness (QED) is 0.375. The number of amides is 1. The van der Waals surface area contributed by atoms with E-state index in [1.165, 1.54) is 18.3 Å². The molecular formula is C20H11ClF5N7O2. The predicted molar refractivity (Wildman–Crippen MR) is 112 cm³/mol. The van der Waals surface area contributed by atoms with E-state index >= 15 is 0 Å². The van der Waals surface area contributed by atoms with E-state index in [1.54, 1.807) is 0 Å². The SMILES string of the molecule is Nc1nccc(Oc2ccc(NC(=O)c3cnn(-c4ncc(F)cn4)c3C(F)(F)F)cc2F)c1Cl. The number of ether oxygens (including phenoxy) is 1. The van der Waals surface area contributed by atoms with Crippen molar-refractivity contribution in [2.24, 2.45) is 0 Å². The number of nitrogens with one attached hydrogen (secondary N) is 1. The summed E-state index contributed by atoms with van der Waals surface area (Å²) in [5.41, 5.74) is 2.97. The summed E-state index contributed by atoms with van der Waals surface area (Å²) in [5, 5.41) is 5.61. The van der Waals surface area contributed by atoms with Gasteiger partial charge in [0.1, 0.15) is 10.8 Å². The van der Waals surface area contributed by atoms with Crippen LogP contribution >= 0.6 is 11.6 Å². The molecule has 9 nitrogen and oxygen atoms in total. The first-order chi connectivity index (χ1) is 16.5. The van der Waals surface area contributed by atoms with Crippen LogP contribution in [0.25, 0.3) is 5.95 Å². The number of nitrogens with two attached hydrogens (primary N) is 1. The van der Waals surface area contributed by atoms with Gasteiger partial charge in [-0.2, -0.15) is 23.0 Å². The Kier molecular flexibility index (Phi) is 6.22. The van der Waals surface area contributed by atoms with Gasteiger partial charge in [0, 0.05) is 24.0 Å². The highest BCUT2D eigenvalue weighted by molar-refractivity contribution is 6.34. The molecule has 0 saturated carbocycles. The first-order valence-electron chi connectivity index (χ1n) is 9.36. The molecule has 0 aliphatic heterocycles. The molecule has 15 heteroatoms. The normalized spacial score (nSPS) is 11.4. The van der Waals surface area contributed by atoms with Gasteiger partial charge >= 0.3 is 6.18 Å². The van der Waals surface area contributed by atoms with Crippen LogP contribution in [-0.4, -0.2) is 30.6 Å². The van der Waals surface area contributed by atoms with E-state index in [-0.39, 0.29) is 32.7 Å². The number of halogens is 6. The lowest BCUT2D eigenvalue weighted by atomic mass is 10.2. The number of pyridine rings is 1. The number of hydrogen-bond donors (Lipinski definition) is 2. The van der Waals surface area contributed by atoms with Crippen molar-refractivity contribution in [3.63, 3.8) is 0 Å². The molecule has 3 heterocycles. The van der Waals surface area contributed by atoms with Crippen LogP contribution in [0.1, 0.15) is 16.1 Å². The Labute approximate surface area is 197 Å². The van der Waals surface area contributed by atoms with Crippen molar-refractivity contribution in [1.29, 1.82) is 0 Å². The van der Waals surface area contributed by atoms with Crippen LogP contribution in [0.2, 0.25) is 5.02 Å². The lowest BCUT2D eigenvalue weighted by molar-refractivity contribution is -0.143. The zero-order chi connectivity index (χ0) is 25.3. The molecule has 3 N–H and O–H groups in total. The summed E-state index contributed by atoms with van der Waals surface area (Å²) in [6.07, 6.45) is -1.85. The van der Waals surface area contributed by atoms with Crippen molar-refractivity contribution < 1.29 is 31.5 Å². The maximum absolute atomic E-state index is 14.5. The van der Waals surface area contributed by atoms with Gasteiger partial charge in [-0.25, -0.2) is 23.7 Å². The van der Waals surface area contributed by atoms with Gasteiger partial charge in [0.15, 0.2) is 28.8 Å². The molecule has 1 amide bonds. The zero-order valence-corrected chi connectivity index (χ0v) is 17.8. The Morgan fingerprint density at radius 3 is 2.43 bits per heavy atom. The van der Waals surface area contributed by atoms with E-state index in [2.05, 4.69) is 25.4 Å². The predicted octanol–water partition coefficient (Wildman–Crippen LogP) is 4.63. The Balaban J connectivity index is 1.60. The zero-order valence-electron chi connectivity index (χ0n) is 17.0. The van der Waals surface area contributed by atoms with Crippen molar-refractivity contribution in [2.45, 2.75) is 6.18 Å². The number of alkyl halides is 3. The molecule has 0 saturated heterocycles. The number of rotatable bonds is 5. The molecule has 0 atom stereocenters. The summed E-state index contributed by atoms with van der Waals surface area (Å²) in [7, 11) is 0. The monoisotopic (exact) mass is 511 g/mol. The van der Waals surface area contributed by atoms with Crippen LogP contribution < -0.4 is 15.8 Å². The average Bonchev–Trinajstić information content (AvgIpc) is 3.25. The second kappa shape index (κ2) is 9.13. The maximum Gasteiger partial charge on any atom is 0.434 e. The largest absolute Gasteiger partial charge is 0.453 e. The number of anilines is 2. The molecule has 0 aliphatic rings. The topological polar surface area (TPSA) is 121 Å². The van der Waals surface area contributed by atoms with Crippen molar-refractivity contribution >= 4 is 29.0 Å². The van der Waals surface area contributed by atoms with E-state index in [0.29, 0.717) is 18.6 Å². The van der Waals surface area contributed by atoms with Gasteiger partial charge in [-0.3, -0.25) is 4.79 Å². The number of aromatic nitrogens is 5. The average molecular weight is 512 g/mol. The van der Waals surface area contributed by atoms with E-state index in [1.807, 2.05) is 0 Å². The van der Waals surface area contributed by atoms with E-state index in [0.717, 1.165) is 12.1 Å². The Morgan fingerprint density at radius 2 is 1.77 bits per heavy atom. The van der Waals surface area contributed by atoms with Crippen LogP contribution in [0.5, 0.6) is 11.5 Å². The van der Waals surface area contributed by atoms with Crippen molar-refractivity contribution in [3.05, 3.63) is 77.0 Å². The summed E-state index contributed by atoms with van der Waals surface area (Å²) >= 11 is 5.95. The Hall–Kier alpha value is -4.33. The van der Waals surface area contributed by atoms with Gasteiger partial charge < -0.3 is 15.8 Å². The third-order valence-electron chi connectivity index (χ3n) is 4.37. The Bertz CT molecular complexity index is 1410. The minimum absolute atomic E-state index is 0.0140. The van der Waals surface area contributed by atoms with Crippen LogP contribution in [-0.2, 0) is 6.18 Å². The summed E-state index contributed by atoms with van der Waals surface area (Å²) in [5.74, 6) is -4.02. The molecule has 3 aromatic heterocycles. The standard InChI is InChI=1S/C20H11ClF5N7O2/c21-15-14(3-4-28-17(15)27)35-13-2-1-10(5-12(13)23)32-18(34)11-8-31-33(16(11)20(24,25)26)19-29-6-9(22)7-30-19/h1-8H,(H2,27,28)(H,32,34). The highest BCUT2D eigenvalue weighted by Gasteiger charge is 2.41. The minimum atomic E-state index is -5.06. The van der Waals surface area contributed by atoms with E-state index in [4.69, 9.17) is 22.1 Å².